The standard InChI is InChI=1S/C14H11F3N4O5S/c15-14(16,17)9-2-1-3-10(8-9)18-13(22)19-20-27(25,26)12-6-4-11(5-7-12)21(23)24/h1-8,20H,(H2,18,19,22). The highest BCUT2D eigenvalue weighted by Crippen LogP contribution is 2.30. The fourth-order valence-electron chi connectivity index (χ4n) is 1.86. The van der Waals surface area contributed by atoms with Crippen molar-refractivity contribution in [3.05, 3.63) is 64.2 Å². The number of amides is 2. The molecule has 0 unspecified atom stereocenters. The molecular weight excluding hydrogens is 393 g/mol. The predicted molar refractivity (Wildman–Crippen MR) is 87.0 cm³/mol. The van der Waals surface area contributed by atoms with Crippen LogP contribution in [0.4, 0.5) is 29.3 Å². The molecule has 2 amide bonds. The van der Waals surface area contributed by atoms with Crippen molar-refractivity contribution in [3.63, 3.8) is 0 Å². The van der Waals surface area contributed by atoms with Gasteiger partial charge in [0.15, 0.2) is 0 Å². The summed E-state index contributed by atoms with van der Waals surface area (Å²) in [5.74, 6) is 0. The molecule has 0 fully saturated rings. The van der Waals surface area contributed by atoms with Crippen molar-refractivity contribution in [1.82, 2.24) is 10.3 Å². The summed E-state index contributed by atoms with van der Waals surface area (Å²) in [6.07, 6.45) is -4.61. The highest BCUT2D eigenvalue weighted by molar-refractivity contribution is 7.89. The molecule has 2 aromatic carbocycles. The Kier molecular flexibility index (Phi) is 5.66. The average Bonchev–Trinajstić information content (AvgIpc) is 2.60. The SMILES string of the molecule is O=C(NNS(=O)(=O)c1ccc([N+](=O)[O-])cc1)Nc1cccc(C(F)(F)F)c1. The van der Waals surface area contributed by atoms with Crippen molar-refractivity contribution in [2.45, 2.75) is 11.1 Å². The Hall–Kier alpha value is -3.19. The molecule has 2 rings (SSSR count). The number of halogens is 3. The largest absolute Gasteiger partial charge is 0.416 e. The van der Waals surface area contributed by atoms with Crippen molar-refractivity contribution in [2.24, 2.45) is 0 Å². The zero-order chi connectivity index (χ0) is 20.2. The van der Waals surface area contributed by atoms with Crippen LogP contribution in [0.2, 0.25) is 0 Å². The van der Waals surface area contributed by atoms with E-state index in [4.69, 9.17) is 0 Å². The van der Waals surface area contributed by atoms with E-state index in [1.54, 1.807) is 10.3 Å². The zero-order valence-corrected chi connectivity index (χ0v) is 14.0. The molecule has 0 radical (unpaired) electrons. The molecule has 9 nitrogen and oxygen atoms in total. The van der Waals surface area contributed by atoms with Gasteiger partial charge in [0.25, 0.3) is 15.7 Å². The number of nitrogens with one attached hydrogen (secondary N) is 3. The number of urea groups is 1. The summed E-state index contributed by atoms with van der Waals surface area (Å²) in [5, 5.41) is 12.6. The minimum absolute atomic E-state index is 0.211. The Morgan fingerprint density at radius 1 is 1.07 bits per heavy atom. The maximum atomic E-state index is 12.6. The molecule has 2 aromatic rings. The normalized spacial score (nSPS) is 11.7. The Morgan fingerprint density at radius 2 is 1.70 bits per heavy atom. The van der Waals surface area contributed by atoms with Crippen molar-refractivity contribution >= 4 is 27.4 Å². The maximum absolute atomic E-state index is 12.6. The van der Waals surface area contributed by atoms with Crippen molar-refractivity contribution in [3.8, 4) is 0 Å². The quantitative estimate of drug-likeness (QED) is 0.521. The van der Waals surface area contributed by atoms with Crippen LogP contribution in [0.3, 0.4) is 0 Å². The van der Waals surface area contributed by atoms with E-state index in [1.807, 2.05) is 5.32 Å². The maximum Gasteiger partial charge on any atom is 0.416 e. The number of hydrogen-bond donors (Lipinski definition) is 3. The number of sulfonamides is 1. The van der Waals surface area contributed by atoms with E-state index < -0.39 is 32.7 Å². The van der Waals surface area contributed by atoms with Gasteiger partial charge in [0, 0.05) is 17.8 Å². The molecule has 0 aliphatic rings. The second kappa shape index (κ2) is 7.59. The van der Waals surface area contributed by atoms with E-state index in [2.05, 4.69) is 0 Å². The van der Waals surface area contributed by atoms with Crippen LogP contribution in [-0.4, -0.2) is 19.4 Å². The second-order valence-electron chi connectivity index (χ2n) is 5.01. The van der Waals surface area contributed by atoms with Gasteiger partial charge in [-0.3, -0.25) is 15.5 Å². The van der Waals surface area contributed by atoms with Gasteiger partial charge in [-0.15, -0.1) is 4.83 Å². The van der Waals surface area contributed by atoms with Crippen molar-refractivity contribution in [2.75, 3.05) is 5.32 Å². The summed E-state index contributed by atoms with van der Waals surface area (Å²) >= 11 is 0. The molecular formula is C14H11F3N4O5S. The first-order chi connectivity index (χ1) is 12.5. The summed E-state index contributed by atoms with van der Waals surface area (Å²) in [7, 11) is -4.25. The number of hydrogen-bond acceptors (Lipinski definition) is 5. The van der Waals surface area contributed by atoms with Crippen LogP contribution < -0.4 is 15.6 Å². The number of non-ortho nitro benzene ring substituents is 1. The Labute approximate surface area is 150 Å². The molecule has 13 heteroatoms. The highest BCUT2D eigenvalue weighted by atomic mass is 32.2. The van der Waals surface area contributed by atoms with E-state index in [9.17, 15) is 36.5 Å². The molecule has 0 atom stereocenters. The average molecular weight is 404 g/mol. The molecule has 0 aliphatic carbocycles. The first kappa shape index (κ1) is 20.1. The van der Waals surface area contributed by atoms with E-state index in [0.29, 0.717) is 6.07 Å². The van der Waals surface area contributed by atoms with E-state index in [0.717, 1.165) is 36.4 Å². The van der Waals surface area contributed by atoms with Crippen LogP contribution in [0.5, 0.6) is 0 Å². The third-order valence-electron chi connectivity index (χ3n) is 3.10. The fourth-order valence-corrected chi connectivity index (χ4v) is 2.69. The molecule has 0 aliphatic heterocycles. The van der Waals surface area contributed by atoms with Gasteiger partial charge in [-0.1, -0.05) is 6.07 Å². The minimum Gasteiger partial charge on any atom is -0.307 e. The number of carbonyl (C=O) groups excluding carboxylic acids is 1. The van der Waals surface area contributed by atoms with Gasteiger partial charge in [-0.2, -0.15) is 13.2 Å². The van der Waals surface area contributed by atoms with Gasteiger partial charge >= 0.3 is 12.2 Å². The minimum atomic E-state index is -4.61. The predicted octanol–water partition coefficient (Wildman–Crippen LogP) is 2.63. The molecule has 3 N–H and O–H groups in total. The number of anilines is 1. The van der Waals surface area contributed by atoms with Crippen molar-refractivity contribution in [1.29, 1.82) is 0 Å². The number of rotatable bonds is 5. The zero-order valence-electron chi connectivity index (χ0n) is 13.1. The van der Waals surface area contributed by atoms with Gasteiger partial charge in [0.1, 0.15) is 0 Å². The van der Waals surface area contributed by atoms with Gasteiger partial charge in [-0.25, -0.2) is 13.2 Å². The molecule has 0 saturated heterocycles. The number of hydrazine groups is 1. The van der Waals surface area contributed by atoms with Gasteiger partial charge in [-0.05, 0) is 30.3 Å². The summed E-state index contributed by atoms with van der Waals surface area (Å²) in [6, 6.07) is 6.40. The lowest BCUT2D eigenvalue weighted by Gasteiger charge is -2.11. The smallest absolute Gasteiger partial charge is 0.307 e. The first-order valence-corrected chi connectivity index (χ1v) is 8.48. The van der Waals surface area contributed by atoms with Crippen LogP contribution in [0.25, 0.3) is 0 Å². The molecule has 0 bridgehead atoms. The topological polar surface area (TPSA) is 130 Å². The third kappa shape index (κ3) is 5.39. The number of alkyl halides is 3. The van der Waals surface area contributed by atoms with Gasteiger partial charge in [0.2, 0.25) is 0 Å². The fraction of sp³-hybridized carbons (Fsp3) is 0.0714. The van der Waals surface area contributed by atoms with Crippen LogP contribution in [0, 0.1) is 10.1 Å². The van der Waals surface area contributed by atoms with E-state index in [-0.39, 0.29) is 16.3 Å². The highest BCUT2D eigenvalue weighted by Gasteiger charge is 2.30. The van der Waals surface area contributed by atoms with Crippen LogP contribution in [0.15, 0.2) is 53.4 Å². The number of benzene rings is 2. The number of nitrogens with zero attached hydrogens (tertiary/aromatic N) is 1. The van der Waals surface area contributed by atoms with Gasteiger partial charge < -0.3 is 5.32 Å². The third-order valence-corrected chi connectivity index (χ3v) is 4.37. The molecule has 0 aromatic heterocycles. The molecule has 0 spiro atoms. The summed E-state index contributed by atoms with van der Waals surface area (Å²) in [6.45, 7) is 0. The molecule has 0 saturated carbocycles. The summed E-state index contributed by atoms with van der Waals surface area (Å²) in [5.41, 5.74) is 0.228. The van der Waals surface area contributed by atoms with Crippen molar-refractivity contribution < 1.29 is 31.3 Å². The molecule has 144 valence electrons. The number of nitro groups is 1. The lowest BCUT2D eigenvalue weighted by Crippen LogP contribution is -2.43. The summed E-state index contributed by atoms with van der Waals surface area (Å²) in [4.78, 5) is 22.8. The monoisotopic (exact) mass is 404 g/mol. The van der Waals surface area contributed by atoms with Crippen LogP contribution in [0.1, 0.15) is 5.56 Å². The first-order valence-electron chi connectivity index (χ1n) is 6.99. The Morgan fingerprint density at radius 3 is 2.26 bits per heavy atom. The van der Waals surface area contributed by atoms with Crippen LogP contribution >= 0.6 is 0 Å². The number of carbonyl (C=O) groups is 1. The van der Waals surface area contributed by atoms with E-state index >= 15 is 0 Å². The lowest BCUT2D eigenvalue weighted by molar-refractivity contribution is -0.384. The number of nitro benzene ring substituents is 1. The molecule has 27 heavy (non-hydrogen) atoms. The molecule has 0 heterocycles. The lowest BCUT2D eigenvalue weighted by atomic mass is 10.2. The summed E-state index contributed by atoms with van der Waals surface area (Å²) < 4.78 is 61.8. The van der Waals surface area contributed by atoms with Gasteiger partial charge in [0.05, 0.1) is 15.4 Å². The van der Waals surface area contributed by atoms with E-state index in [1.165, 1.54) is 6.07 Å². The van der Waals surface area contributed by atoms with Crippen LogP contribution in [-0.2, 0) is 16.2 Å². The second-order valence-corrected chi connectivity index (χ2v) is 6.70. The Bertz CT molecular complexity index is 961. The Balaban J connectivity index is 2.01.